The summed E-state index contributed by atoms with van der Waals surface area (Å²) in [6, 6.07) is 0.326. The molecule has 1 amide bonds. The van der Waals surface area contributed by atoms with Crippen molar-refractivity contribution in [1.82, 2.24) is 10.6 Å². The van der Waals surface area contributed by atoms with Crippen molar-refractivity contribution in [3.63, 3.8) is 0 Å². The molecular formula is C9H16N2O2. The van der Waals surface area contributed by atoms with Crippen molar-refractivity contribution in [2.24, 2.45) is 11.8 Å². The molecule has 13 heavy (non-hydrogen) atoms. The first kappa shape index (κ1) is 8.97. The predicted octanol–water partition coefficient (Wildman–Crippen LogP) is -0.643. The van der Waals surface area contributed by atoms with Gasteiger partial charge in [-0.05, 0) is 0 Å². The molecule has 0 radical (unpaired) electrons. The zero-order valence-electron chi connectivity index (χ0n) is 7.88. The summed E-state index contributed by atoms with van der Waals surface area (Å²) in [5, 5.41) is 6.38. The third-order valence-electron chi connectivity index (χ3n) is 2.86. The molecule has 2 unspecified atom stereocenters. The topological polar surface area (TPSA) is 50.4 Å². The molecule has 2 heterocycles. The van der Waals surface area contributed by atoms with Crippen LogP contribution >= 0.6 is 0 Å². The third kappa shape index (κ3) is 1.84. The minimum Gasteiger partial charge on any atom is -0.381 e. The van der Waals surface area contributed by atoms with Gasteiger partial charge in [-0.3, -0.25) is 4.79 Å². The summed E-state index contributed by atoms with van der Waals surface area (Å²) in [5.41, 5.74) is 0. The van der Waals surface area contributed by atoms with E-state index in [-0.39, 0.29) is 5.91 Å². The lowest BCUT2D eigenvalue weighted by atomic mass is 9.83. The smallest absolute Gasteiger partial charge is 0.217 e. The highest BCUT2D eigenvalue weighted by atomic mass is 16.5. The number of hydrogen-bond donors (Lipinski definition) is 2. The molecule has 2 N–H and O–H groups in total. The molecule has 0 aromatic carbocycles. The van der Waals surface area contributed by atoms with E-state index in [4.69, 9.17) is 4.74 Å². The zero-order valence-corrected chi connectivity index (χ0v) is 7.88. The molecule has 4 heteroatoms. The third-order valence-corrected chi connectivity index (χ3v) is 2.86. The Balaban J connectivity index is 2.02. The molecule has 4 nitrogen and oxygen atoms in total. The van der Waals surface area contributed by atoms with Crippen molar-refractivity contribution in [2.75, 3.05) is 26.3 Å². The Morgan fingerprint density at radius 3 is 2.54 bits per heavy atom. The summed E-state index contributed by atoms with van der Waals surface area (Å²) in [7, 11) is 0. The lowest BCUT2D eigenvalue weighted by Gasteiger charge is -2.42. The predicted molar refractivity (Wildman–Crippen MR) is 48.3 cm³/mol. The fourth-order valence-corrected chi connectivity index (χ4v) is 2.26. The molecule has 2 saturated heterocycles. The van der Waals surface area contributed by atoms with E-state index in [1.165, 1.54) is 0 Å². The highest BCUT2D eigenvalue weighted by molar-refractivity contribution is 5.73. The summed E-state index contributed by atoms with van der Waals surface area (Å²) in [5.74, 6) is 0.983. The number of nitrogens with one attached hydrogen (secondary N) is 2. The number of amides is 1. The number of piperidine rings is 1. The van der Waals surface area contributed by atoms with E-state index >= 15 is 0 Å². The Labute approximate surface area is 78.0 Å². The lowest BCUT2D eigenvalue weighted by Crippen LogP contribution is -2.60. The number of carbonyl (C=O) groups is 1. The van der Waals surface area contributed by atoms with Crippen LogP contribution in [0.4, 0.5) is 0 Å². The Morgan fingerprint density at radius 1 is 1.38 bits per heavy atom. The maximum Gasteiger partial charge on any atom is 0.217 e. The fourth-order valence-electron chi connectivity index (χ4n) is 2.26. The standard InChI is InChI=1S/C9H16N2O2/c1-6(12)11-9-7-2-10-3-8(9)5-13-4-7/h7-10H,2-5H2,1H3,(H,11,12). The molecule has 0 aromatic heterocycles. The molecule has 0 spiro atoms. The first-order valence-corrected chi connectivity index (χ1v) is 4.83. The quantitative estimate of drug-likeness (QED) is 0.570. The Kier molecular flexibility index (Phi) is 2.51. The van der Waals surface area contributed by atoms with Crippen LogP contribution in [0.15, 0.2) is 0 Å². The largest absolute Gasteiger partial charge is 0.381 e. The molecule has 2 aliphatic rings. The number of hydrogen-bond acceptors (Lipinski definition) is 3. The molecule has 0 saturated carbocycles. The second-order valence-electron chi connectivity index (χ2n) is 3.94. The highest BCUT2D eigenvalue weighted by Gasteiger charge is 2.37. The van der Waals surface area contributed by atoms with Crippen molar-refractivity contribution in [1.29, 1.82) is 0 Å². The summed E-state index contributed by atoms with van der Waals surface area (Å²) in [6.45, 7) is 5.05. The Hall–Kier alpha value is -0.610. The average molecular weight is 184 g/mol. The van der Waals surface area contributed by atoms with Gasteiger partial charge >= 0.3 is 0 Å². The van der Waals surface area contributed by atoms with Crippen LogP contribution in [-0.4, -0.2) is 38.3 Å². The number of rotatable bonds is 1. The van der Waals surface area contributed by atoms with Gasteiger partial charge in [-0.15, -0.1) is 0 Å². The van der Waals surface area contributed by atoms with Gasteiger partial charge in [0.1, 0.15) is 0 Å². The zero-order chi connectivity index (χ0) is 9.26. The SMILES string of the molecule is CC(=O)NC1C2CNCC1COC2. The molecule has 2 aliphatic heterocycles. The second kappa shape index (κ2) is 3.64. The van der Waals surface area contributed by atoms with Crippen LogP contribution in [0.25, 0.3) is 0 Å². The van der Waals surface area contributed by atoms with Gasteiger partial charge in [0, 0.05) is 37.9 Å². The van der Waals surface area contributed by atoms with E-state index in [0.717, 1.165) is 26.3 Å². The van der Waals surface area contributed by atoms with Gasteiger partial charge in [-0.2, -0.15) is 0 Å². The fraction of sp³-hybridized carbons (Fsp3) is 0.889. The maximum atomic E-state index is 11.0. The van der Waals surface area contributed by atoms with E-state index in [0.29, 0.717) is 17.9 Å². The highest BCUT2D eigenvalue weighted by Crippen LogP contribution is 2.23. The van der Waals surface area contributed by atoms with Crippen molar-refractivity contribution in [3.05, 3.63) is 0 Å². The molecule has 2 bridgehead atoms. The Bertz CT molecular complexity index is 186. The van der Waals surface area contributed by atoms with Gasteiger partial charge in [0.15, 0.2) is 0 Å². The first-order chi connectivity index (χ1) is 6.27. The number of carbonyl (C=O) groups excluding carboxylic acids is 1. The van der Waals surface area contributed by atoms with Crippen LogP contribution in [-0.2, 0) is 9.53 Å². The number of fused-ring (bicyclic) bond motifs is 2. The van der Waals surface area contributed by atoms with Gasteiger partial charge in [0.2, 0.25) is 5.91 Å². The van der Waals surface area contributed by atoms with Gasteiger partial charge in [-0.25, -0.2) is 0 Å². The summed E-state index contributed by atoms with van der Waals surface area (Å²) in [6.07, 6.45) is 0. The molecule has 0 aliphatic carbocycles. The summed E-state index contributed by atoms with van der Waals surface area (Å²) >= 11 is 0. The average Bonchev–Trinajstić information content (AvgIpc) is 2.02. The molecule has 0 aromatic rings. The minimum absolute atomic E-state index is 0.0730. The van der Waals surface area contributed by atoms with Gasteiger partial charge in [-0.1, -0.05) is 0 Å². The van der Waals surface area contributed by atoms with E-state index in [1.54, 1.807) is 6.92 Å². The van der Waals surface area contributed by atoms with Gasteiger partial charge in [0.25, 0.3) is 0 Å². The molecular weight excluding hydrogens is 168 g/mol. The lowest BCUT2D eigenvalue weighted by molar-refractivity contribution is -0.122. The Morgan fingerprint density at radius 2 is 2.00 bits per heavy atom. The van der Waals surface area contributed by atoms with Crippen molar-refractivity contribution >= 4 is 5.91 Å². The first-order valence-electron chi connectivity index (χ1n) is 4.83. The van der Waals surface area contributed by atoms with Crippen LogP contribution in [0, 0.1) is 11.8 Å². The van der Waals surface area contributed by atoms with Crippen LogP contribution in [0.3, 0.4) is 0 Å². The maximum absolute atomic E-state index is 11.0. The molecule has 74 valence electrons. The number of ether oxygens (including phenoxy) is 1. The normalized spacial score (nSPS) is 38.4. The van der Waals surface area contributed by atoms with Crippen molar-refractivity contribution in [2.45, 2.75) is 13.0 Å². The van der Waals surface area contributed by atoms with E-state index in [1.807, 2.05) is 0 Å². The van der Waals surface area contributed by atoms with E-state index in [9.17, 15) is 4.79 Å². The van der Waals surface area contributed by atoms with E-state index in [2.05, 4.69) is 10.6 Å². The van der Waals surface area contributed by atoms with Crippen LogP contribution in [0.5, 0.6) is 0 Å². The van der Waals surface area contributed by atoms with Crippen molar-refractivity contribution < 1.29 is 9.53 Å². The summed E-state index contributed by atoms with van der Waals surface area (Å²) < 4.78 is 5.46. The van der Waals surface area contributed by atoms with E-state index < -0.39 is 0 Å². The van der Waals surface area contributed by atoms with Gasteiger partial charge < -0.3 is 15.4 Å². The van der Waals surface area contributed by atoms with Crippen molar-refractivity contribution in [3.8, 4) is 0 Å². The van der Waals surface area contributed by atoms with Crippen LogP contribution in [0.1, 0.15) is 6.92 Å². The molecule has 2 rings (SSSR count). The molecule has 2 fully saturated rings. The monoisotopic (exact) mass is 184 g/mol. The van der Waals surface area contributed by atoms with Gasteiger partial charge in [0.05, 0.1) is 13.2 Å². The summed E-state index contributed by atoms with van der Waals surface area (Å²) in [4.78, 5) is 11.0. The second-order valence-corrected chi connectivity index (χ2v) is 3.94. The van der Waals surface area contributed by atoms with Crippen LogP contribution < -0.4 is 10.6 Å². The van der Waals surface area contributed by atoms with Crippen LogP contribution in [0.2, 0.25) is 0 Å². The molecule has 2 atom stereocenters. The minimum atomic E-state index is 0.0730.